The average molecular weight is 324 g/mol. The molecule has 2 amide bonds. The van der Waals surface area contributed by atoms with Gasteiger partial charge in [-0.1, -0.05) is 6.07 Å². The molecule has 0 aliphatic heterocycles. The summed E-state index contributed by atoms with van der Waals surface area (Å²) < 4.78 is 49.8. The summed E-state index contributed by atoms with van der Waals surface area (Å²) in [5.41, 5.74) is 0.0699. The van der Waals surface area contributed by atoms with Crippen molar-refractivity contribution >= 4 is 11.7 Å². The first-order valence-electron chi connectivity index (χ1n) is 6.38. The maximum absolute atomic E-state index is 13.0. The zero-order valence-corrected chi connectivity index (χ0v) is 11.5. The van der Waals surface area contributed by atoms with Crippen molar-refractivity contribution in [2.45, 2.75) is 18.7 Å². The molecule has 0 radical (unpaired) electrons. The first-order chi connectivity index (χ1) is 10.2. The van der Waals surface area contributed by atoms with E-state index in [0.29, 0.717) is 4.90 Å². The number of aliphatic hydroxyl groups is 2. The van der Waals surface area contributed by atoms with Crippen LogP contribution in [0.1, 0.15) is 6.42 Å². The van der Waals surface area contributed by atoms with Crippen LogP contribution in [0.3, 0.4) is 0 Å². The normalized spacial score (nSPS) is 12.8. The average Bonchev–Trinajstić information content (AvgIpc) is 2.42. The lowest BCUT2D eigenvalue weighted by Gasteiger charge is -2.25. The van der Waals surface area contributed by atoms with Gasteiger partial charge in [-0.3, -0.25) is 0 Å². The summed E-state index contributed by atoms with van der Waals surface area (Å²) in [5.74, 6) is -0.616. The fourth-order valence-corrected chi connectivity index (χ4v) is 1.62. The number of benzene rings is 1. The third-order valence-corrected chi connectivity index (χ3v) is 2.67. The number of anilines is 1. The molecule has 1 aromatic carbocycles. The molecule has 22 heavy (non-hydrogen) atoms. The van der Waals surface area contributed by atoms with Crippen LogP contribution >= 0.6 is 0 Å². The van der Waals surface area contributed by atoms with Crippen molar-refractivity contribution in [2.24, 2.45) is 0 Å². The Morgan fingerprint density at radius 3 is 2.59 bits per heavy atom. The van der Waals surface area contributed by atoms with E-state index in [-0.39, 0.29) is 5.69 Å². The number of carbonyl (C=O) groups is 1. The second kappa shape index (κ2) is 7.95. The molecule has 5 nitrogen and oxygen atoms in total. The number of halogens is 4. The summed E-state index contributed by atoms with van der Waals surface area (Å²) in [6.07, 6.45) is -7.10. The Hall–Kier alpha value is -1.87. The lowest BCUT2D eigenvalue weighted by atomic mass is 10.3. The predicted molar refractivity (Wildman–Crippen MR) is 70.8 cm³/mol. The minimum atomic E-state index is -4.47. The van der Waals surface area contributed by atoms with Gasteiger partial charge < -0.3 is 20.4 Å². The fourth-order valence-electron chi connectivity index (χ4n) is 1.62. The Kier molecular flexibility index (Phi) is 6.57. The van der Waals surface area contributed by atoms with Crippen molar-refractivity contribution in [3.05, 3.63) is 30.1 Å². The highest BCUT2D eigenvalue weighted by Gasteiger charge is 2.29. The molecule has 3 N–H and O–H groups in total. The van der Waals surface area contributed by atoms with Crippen LogP contribution in [0.2, 0.25) is 0 Å². The van der Waals surface area contributed by atoms with Crippen molar-refractivity contribution in [3.8, 4) is 0 Å². The Balaban J connectivity index is 2.73. The van der Waals surface area contributed by atoms with E-state index in [1.54, 1.807) is 0 Å². The third-order valence-electron chi connectivity index (χ3n) is 2.67. The maximum atomic E-state index is 13.0. The van der Waals surface area contributed by atoms with Crippen molar-refractivity contribution in [2.75, 3.05) is 25.0 Å². The van der Waals surface area contributed by atoms with Crippen LogP contribution in [0.15, 0.2) is 24.3 Å². The SMILES string of the molecule is O=C(Nc1cccc(F)c1)N(CCC(F)(F)F)C[C@H](O)CO. The Bertz CT molecular complexity index is 496. The number of hydrogen-bond donors (Lipinski definition) is 3. The summed E-state index contributed by atoms with van der Waals surface area (Å²) in [6.45, 7) is -1.87. The zero-order valence-electron chi connectivity index (χ0n) is 11.5. The summed E-state index contributed by atoms with van der Waals surface area (Å²) in [4.78, 5) is 12.6. The monoisotopic (exact) mass is 324 g/mol. The van der Waals surface area contributed by atoms with E-state index < -0.39 is 50.2 Å². The molecule has 0 spiro atoms. The fraction of sp³-hybridized carbons (Fsp3) is 0.462. The first kappa shape index (κ1) is 18.2. The van der Waals surface area contributed by atoms with Gasteiger partial charge in [0.25, 0.3) is 0 Å². The van der Waals surface area contributed by atoms with Gasteiger partial charge in [0.05, 0.1) is 25.7 Å². The zero-order chi connectivity index (χ0) is 16.8. The van der Waals surface area contributed by atoms with Crippen molar-refractivity contribution < 1.29 is 32.6 Å². The predicted octanol–water partition coefficient (Wildman–Crippen LogP) is 1.97. The molecule has 9 heteroatoms. The van der Waals surface area contributed by atoms with Crippen LogP contribution in [-0.2, 0) is 0 Å². The molecule has 0 bridgehead atoms. The van der Waals surface area contributed by atoms with Crippen molar-refractivity contribution in [1.82, 2.24) is 4.90 Å². The van der Waals surface area contributed by atoms with Crippen LogP contribution in [0.25, 0.3) is 0 Å². The minimum absolute atomic E-state index is 0.0699. The molecular weight excluding hydrogens is 308 g/mol. The van der Waals surface area contributed by atoms with E-state index in [2.05, 4.69) is 5.32 Å². The molecule has 1 atom stereocenters. The number of alkyl halides is 3. The Morgan fingerprint density at radius 1 is 1.36 bits per heavy atom. The van der Waals surface area contributed by atoms with E-state index in [1.807, 2.05) is 0 Å². The topological polar surface area (TPSA) is 72.8 Å². The highest BCUT2D eigenvalue weighted by atomic mass is 19.4. The van der Waals surface area contributed by atoms with Gasteiger partial charge in [-0.25, -0.2) is 9.18 Å². The van der Waals surface area contributed by atoms with E-state index in [0.717, 1.165) is 12.1 Å². The van der Waals surface area contributed by atoms with Crippen LogP contribution in [0, 0.1) is 5.82 Å². The van der Waals surface area contributed by atoms with Gasteiger partial charge in [0, 0.05) is 12.2 Å². The summed E-state index contributed by atoms with van der Waals surface area (Å²) in [5, 5.41) is 20.3. The minimum Gasteiger partial charge on any atom is -0.394 e. The number of amides is 2. The Labute approximate surface area is 124 Å². The molecule has 0 saturated heterocycles. The number of nitrogens with one attached hydrogen (secondary N) is 1. The first-order valence-corrected chi connectivity index (χ1v) is 6.38. The van der Waals surface area contributed by atoms with E-state index in [9.17, 15) is 27.5 Å². The van der Waals surface area contributed by atoms with Gasteiger partial charge in [0.2, 0.25) is 0 Å². The second-order valence-corrected chi connectivity index (χ2v) is 4.59. The molecule has 0 heterocycles. The van der Waals surface area contributed by atoms with Gasteiger partial charge in [-0.15, -0.1) is 0 Å². The number of nitrogens with zero attached hydrogens (tertiary/aromatic N) is 1. The van der Waals surface area contributed by atoms with Crippen molar-refractivity contribution in [1.29, 1.82) is 0 Å². The smallest absolute Gasteiger partial charge is 0.390 e. The van der Waals surface area contributed by atoms with Crippen LogP contribution < -0.4 is 5.32 Å². The maximum Gasteiger partial charge on any atom is 0.390 e. The molecule has 1 rings (SSSR count). The largest absolute Gasteiger partial charge is 0.394 e. The molecule has 0 fully saturated rings. The molecule has 0 saturated carbocycles. The quantitative estimate of drug-likeness (QED) is 0.701. The van der Waals surface area contributed by atoms with Gasteiger partial charge >= 0.3 is 12.2 Å². The molecule has 0 unspecified atom stereocenters. The molecule has 0 aromatic heterocycles. The van der Waals surface area contributed by atoms with E-state index in [4.69, 9.17) is 5.11 Å². The lowest BCUT2D eigenvalue weighted by molar-refractivity contribution is -0.137. The second-order valence-electron chi connectivity index (χ2n) is 4.59. The summed E-state index contributed by atoms with van der Waals surface area (Å²) in [7, 11) is 0. The van der Waals surface area contributed by atoms with E-state index >= 15 is 0 Å². The highest BCUT2D eigenvalue weighted by molar-refractivity contribution is 5.89. The Morgan fingerprint density at radius 2 is 2.05 bits per heavy atom. The summed E-state index contributed by atoms with van der Waals surface area (Å²) >= 11 is 0. The number of urea groups is 1. The molecule has 0 aliphatic carbocycles. The standard InChI is InChI=1S/C13H16F4N2O3/c14-9-2-1-3-10(6-9)18-12(22)19(7-11(21)8-20)5-4-13(15,16)17/h1-3,6,11,20-21H,4-5,7-8H2,(H,18,22)/t11-/m0/s1. The summed E-state index contributed by atoms with van der Waals surface area (Å²) in [6, 6.07) is 3.91. The highest BCUT2D eigenvalue weighted by Crippen LogP contribution is 2.20. The number of rotatable bonds is 6. The molecule has 124 valence electrons. The van der Waals surface area contributed by atoms with Crippen LogP contribution in [0.5, 0.6) is 0 Å². The lowest BCUT2D eigenvalue weighted by Crippen LogP contribution is -2.43. The molecular formula is C13H16F4N2O3. The number of aliphatic hydroxyl groups excluding tert-OH is 2. The van der Waals surface area contributed by atoms with Gasteiger partial charge in [0.15, 0.2) is 0 Å². The molecule has 0 aliphatic rings. The van der Waals surface area contributed by atoms with Crippen LogP contribution in [0.4, 0.5) is 28.0 Å². The van der Waals surface area contributed by atoms with Crippen LogP contribution in [-0.4, -0.2) is 53.1 Å². The van der Waals surface area contributed by atoms with E-state index in [1.165, 1.54) is 12.1 Å². The van der Waals surface area contributed by atoms with Gasteiger partial charge in [0.1, 0.15) is 5.82 Å². The molecule has 1 aromatic rings. The van der Waals surface area contributed by atoms with Gasteiger partial charge in [-0.05, 0) is 18.2 Å². The number of hydrogen-bond acceptors (Lipinski definition) is 3. The third kappa shape index (κ3) is 6.72. The van der Waals surface area contributed by atoms with Gasteiger partial charge in [-0.2, -0.15) is 13.2 Å². The van der Waals surface area contributed by atoms with Crippen molar-refractivity contribution in [3.63, 3.8) is 0 Å². The number of carbonyl (C=O) groups excluding carboxylic acids is 1.